The van der Waals surface area contributed by atoms with Gasteiger partial charge in [-0.2, -0.15) is 0 Å². The normalized spacial score (nSPS) is 0. The number of hydrogen-bond donors (Lipinski definition) is 0. The Bertz CT molecular complexity index is 14.9. The van der Waals surface area contributed by atoms with Crippen LogP contribution in [0.5, 0.6) is 0 Å². The van der Waals surface area contributed by atoms with E-state index in [0.29, 0.717) is 0 Å². The van der Waals surface area contributed by atoms with Crippen LogP contribution in [0.4, 0.5) is 0 Å². The van der Waals surface area contributed by atoms with Crippen LogP contribution in [0.1, 0.15) is 7.13 Å². The summed E-state index contributed by atoms with van der Waals surface area (Å²) in [5, 5.41) is 0. The molecule has 0 aromatic carbocycles. The van der Waals surface area contributed by atoms with Crippen LogP contribution in [0.2, 0.25) is 0 Å². The van der Waals surface area contributed by atoms with Gasteiger partial charge in [-0.3, -0.25) is 0 Å². The molecule has 0 radical (unpaired) electrons. The van der Waals surface area contributed by atoms with Gasteiger partial charge in [0.1, 0.15) is 0 Å². The van der Waals surface area contributed by atoms with Crippen molar-refractivity contribution in [3.63, 3.8) is 0 Å². The Balaban J connectivity index is 0. The van der Waals surface area contributed by atoms with Crippen molar-refractivity contribution in [2.75, 3.05) is 0 Å². The summed E-state index contributed by atoms with van der Waals surface area (Å²) in [6, 6.07) is 0. The van der Waals surface area contributed by atoms with Crippen LogP contribution < -0.4 is 29.6 Å². The Kier molecular flexibility index (Phi) is 104. The van der Waals surface area contributed by atoms with Crippen molar-refractivity contribution < 1.29 is 42.2 Å². The van der Waals surface area contributed by atoms with E-state index in [4.69, 9.17) is 0 Å². The molecule has 0 aliphatic rings. The van der Waals surface area contributed by atoms with Crippen molar-refractivity contribution in [1.29, 1.82) is 0 Å². The summed E-state index contributed by atoms with van der Waals surface area (Å²) in [4.78, 5) is 0. The summed E-state index contributed by atoms with van der Waals surface area (Å²) in [5.74, 6) is 0. The van der Waals surface area contributed by atoms with Crippen molar-refractivity contribution in [2.24, 2.45) is 0 Å². The maximum atomic E-state index is 0. The van der Waals surface area contributed by atoms with E-state index in [-0.39, 0.29) is 118 Å². The fraction of sp³-hybridized carbons (Fsp3) is 0. The monoisotopic (exact) mass is 126 g/mol. The average Bonchev–Trinajstić information content (AvgIpc) is 0. The van der Waals surface area contributed by atoms with Gasteiger partial charge in [-0.15, -0.1) is 0 Å². The van der Waals surface area contributed by atoms with Gasteiger partial charge in [-0.25, -0.2) is 0 Å². The van der Waals surface area contributed by atoms with Crippen LogP contribution in [0, 0.1) is 0 Å². The van der Waals surface area contributed by atoms with E-state index in [1.54, 1.807) is 0 Å². The molecule has 0 fully saturated rings. The minimum Gasteiger partial charge on any atom is -1.00 e. The van der Waals surface area contributed by atoms with E-state index in [1.807, 2.05) is 0 Å². The van der Waals surface area contributed by atoms with Crippen molar-refractivity contribution in [3.05, 3.63) is 0 Å². The molecule has 18 valence electrons. The molecule has 0 aliphatic heterocycles. The van der Waals surface area contributed by atoms with Crippen molar-refractivity contribution >= 4 is 75.5 Å². The average molecular weight is 126 g/mol. The second-order valence-corrected chi connectivity index (χ2v) is 0. The zero-order chi connectivity index (χ0) is 0. The molecule has 0 aromatic rings. The second kappa shape index (κ2) is 16.1. The molecular weight excluding hydrogens is 119 g/mol. The van der Waals surface area contributed by atoms with Gasteiger partial charge in [0.05, 0.1) is 0 Å². The Morgan fingerprint density at radius 1 is 1.00 bits per heavy atom. The molecule has 0 rings (SSSR count). The molecule has 0 unspecified atom stereocenters. The maximum absolute atomic E-state index is 0. The Morgan fingerprint density at radius 3 is 1.00 bits per heavy atom. The number of hydrogen-bond acceptors (Lipinski definition) is 0. The van der Waals surface area contributed by atoms with Gasteiger partial charge in [-0.05, 0) is 0 Å². The Labute approximate surface area is 115 Å². The molecule has 0 bridgehead atoms. The molecule has 0 aromatic heterocycles. The third kappa shape index (κ3) is 9.08. The van der Waals surface area contributed by atoms with Crippen LogP contribution in [0.25, 0.3) is 0 Å². The van der Waals surface area contributed by atoms with Crippen molar-refractivity contribution in [2.45, 2.75) is 0 Å². The molecule has 4 heavy (non-hydrogen) atoms. The van der Waals surface area contributed by atoms with E-state index in [9.17, 15) is 0 Å². The molecule has 0 aliphatic carbocycles. The second-order valence-electron chi connectivity index (χ2n) is 0. The maximum Gasteiger partial charge on any atom is 2.00 e. The molecule has 1 nitrogen and oxygen atoms in total. The van der Waals surface area contributed by atoms with E-state index in [2.05, 4.69) is 0 Å². The van der Waals surface area contributed by atoms with Gasteiger partial charge in [-0.1, -0.05) is 0 Å². The first-order chi connectivity index (χ1) is 0. The van der Waals surface area contributed by atoms with Crippen LogP contribution in [0.15, 0.2) is 0 Å². The summed E-state index contributed by atoms with van der Waals surface area (Å²) in [6.45, 7) is 0. The molecule has 0 spiro atoms. The standard InChI is InChI=1S/2Ca.Na.H2O.5H/h;;;1H2;;;;;/q2*+2;+1;;5*-1. The Hall–Kier alpha value is 3.48. The topological polar surface area (TPSA) is 31.5 Å². The van der Waals surface area contributed by atoms with Crippen molar-refractivity contribution in [3.8, 4) is 0 Å². The predicted octanol–water partition coefficient (Wildman–Crippen LogP) is -4.02. The van der Waals surface area contributed by atoms with Gasteiger partial charge in [0.15, 0.2) is 0 Å². The molecule has 0 atom stereocenters. The van der Waals surface area contributed by atoms with Gasteiger partial charge in [0, 0.05) is 0 Å². The van der Waals surface area contributed by atoms with E-state index >= 15 is 0 Å². The molecule has 4 heteroatoms. The summed E-state index contributed by atoms with van der Waals surface area (Å²) in [7, 11) is 0. The van der Waals surface area contributed by atoms with E-state index in [0.717, 1.165) is 0 Å². The largest absolute Gasteiger partial charge is 2.00 e. The fourth-order valence-electron chi connectivity index (χ4n) is 0. The first-order valence-electron chi connectivity index (χ1n) is 0. The summed E-state index contributed by atoms with van der Waals surface area (Å²) >= 11 is 0. The molecule has 0 saturated carbocycles. The van der Waals surface area contributed by atoms with Crippen LogP contribution in [-0.2, 0) is 0 Å². The first-order valence-corrected chi connectivity index (χ1v) is 0. The number of rotatable bonds is 0. The molecular formula is H7Ca2NaO. The van der Waals surface area contributed by atoms with Crippen molar-refractivity contribution in [1.82, 2.24) is 0 Å². The summed E-state index contributed by atoms with van der Waals surface area (Å²) in [5.41, 5.74) is 0. The van der Waals surface area contributed by atoms with E-state index in [1.165, 1.54) is 0 Å². The van der Waals surface area contributed by atoms with Crippen LogP contribution in [-0.4, -0.2) is 81.0 Å². The molecule has 2 N–H and O–H groups in total. The summed E-state index contributed by atoms with van der Waals surface area (Å²) < 4.78 is 0. The molecule has 0 heterocycles. The van der Waals surface area contributed by atoms with Crippen LogP contribution >= 0.6 is 0 Å². The smallest absolute Gasteiger partial charge is 1.00 e. The SMILES string of the molecule is O.[Ca+2].[Ca+2].[H-].[H-].[H-].[H-].[H-].[Na+]. The minimum atomic E-state index is 0. The Morgan fingerprint density at radius 2 is 1.00 bits per heavy atom. The van der Waals surface area contributed by atoms with Gasteiger partial charge in [0.25, 0.3) is 0 Å². The van der Waals surface area contributed by atoms with Crippen LogP contribution in [0.3, 0.4) is 0 Å². The zero-order valence-electron chi connectivity index (χ0n) is 7.91. The minimum absolute atomic E-state index is 0. The fourth-order valence-corrected chi connectivity index (χ4v) is 0. The third-order valence-electron chi connectivity index (χ3n) is 0. The summed E-state index contributed by atoms with van der Waals surface area (Å²) in [6.07, 6.45) is 0. The van der Waals surface area contributed by atoms with Gasteiger partial charge in [0.2, 0.25) is 0 Å². The molecule has 0 amide bonds. The zero-order valence-corrected chi connectivity index (χ0v) is 9.33. The van der Waals surface area contributed by atoms with Gasteiger partial charge >= 0.3 is 105 Å². The van der Waals surface area contributed by atoms with E-state index < -0.39 is 0 Å². The molecule has 0 saturated heterocycles. The third-order valence-corrected chi connectivity index (χ3v) is 0. The first kappa shape index (κ1) is 25.9. The van der Waals surface area contributed by atoms with Gasteiger partial charge < -0.3 is 12.6 Å². The predicted molar refractivity (Wildman–Crippen MR) is 20.7 cm³/mol. The quantitative estimate of drug-likeness (QED) is 0.296.